The van der Waals surface area contributed by atoms with E-state index in [0.717, 1.165) is 18.1 Å². The van der Waals surface area contributed by atoms with Gasteiger partial charge >= 0.3 is 0 Å². The number of hydrogen-bond donors (Lipinski definition) is 0. The van der Waals surface area contributed by atoms with Crippen LogP contribution in [-0.2, 0) is 0 Å². The van der Waals surface area contributed by atoms with E-state index in [2.05, 4.69) is 19.1 Å². The van der Waals surface area contributed by atoms with Crippen LogP contribution in [0.2, 0.25) is 0 Å². The Morgan fingerprint density at radius 2 is 2.33 bits per heavy atom. The maximum absolute atomic E-state index is 6.69. The third-order valence-electron chi connectivity index (χ3n) is 1.38. The van der Waals surface area contributed by atoms with Crippen molar-refractivity contribution in [2.75, 3.05) is 6.26 Å². The molecule has 0 aromatic carbocycles. The van der Waals surface area contributed by atoms with Crippen molar-refractivity contribution >= 4 is 11.8 Å². The highest BCUT2D eigenvalue weighted by molar-refractivity contribution is 7.99. The van der Waals surface area contributed by atoms with Crippen molar-refractivity contribution in [3.63, 3.8) is 0 Å². The van der Waals surface area contributed by atoms with Gasteiger partial charge in [0.05, 0.1) is 0 Å². The van der Waals surface area contributed by atoms with Gasteiger partial charge in [0.2, 0.25) is 0 Å². The summed E-state index contributed by atoms with van der Waals surface area (Å²) < 4.78 is 0. The standard InChI is InChI=1S/C8H13S/c1-4-6-7-8(5-2)9-3/h8H,5-7H2,2-3H3. The molecule has 9 heavy (non-hydrogen) atoms. The van der Waals surface area contributed by atoms with E-state index in [1.54, 1.807) is 0 Å². The van der Waals surface area contributed by atoms with E-state index >= 15 is 0 Å². The summed E-state index contributed by atoms with van der Waals surface area (Å²) in [5.41, 5.74) is 0. The molecule has 0 aliphatic heterocycles. The van der Waals surface area contributed by atoms with Crippen LogP contribution < -0.4 is 0 Å². The van der Waals surface area contributed by atoms with Gasteiger partial charge in [-0.1, -0.05) is 12.8 Å². The molecule has 0 N–H and O–H groups in total. The first-order chi connectivity index (χ1) is 4.35. The third kappa shape index (κ3) is 4.42. The molecule has 0 bridgehead atoms. The summed E-state index contributed by atoms with van der Waals surface area (Å²) in [5.74, 6) is 2.40. The number of hydrogen-bond acceptors (Lipinski definition) is 1. The van der Waals surface area contributed by atoms with E-state index in [1.165, 1.54) is 6.42 Å². The highest BCUT2D eigenvalue weighted by atomic mass is 32.2. The van der Waals surface area contributed by atoms with Gasteiger partial charge in [-0.25, -0.2) is 0 Å². The van der Waals surface area contributed by atoms with Crippen LogP contribution in [0.25, 0.3) is 0 Å². The first-order valence-corrected chi connectivity index (χ1v) is 4.56. The monoisotopic (exact) mass is 141 g/mol. The van der Waals surface area contributed by atoms with Gasteiger partial charge < -0.3 is 0 Å². The molecule has 1 unspecified atom stereocenters. The first-order valence-electron chi connectivity index (χ1n) is 3.27. The number of rotatable bonds is 4. The van der Waals surface area contributed by atoms with Gasteiger partial charge in [-0.3, -0.25) is 0 Å². The van der Waals surface area contributed by atoms with Crippen molar-refractivity contribution in [3.8, 4) is 5.92 Å². The minimum absolute atomic E-state index is 0.739. The molecular weight excluding hydrogens is 128 g/mol. The fourth-order valence-corrected chi connectivity index (χ4v) is 1.41. The summed E-state index contributed by atoms with van der Waals surface area (Å²) in [4.78, 5) is 0. The lowest BCUT2D eigenvalue weighted by atomic mass is 10.2. The topological polar surface area (TPSA) is 0 Å². The minimum Gasteiger partial charge on any atom is -0.162 e. The number of thioether (sulfide) groups is 1. The van der Waals surface area contributed by atoms with Crippen LogP contribution in [0.5, 0.6) is 0 Å². The van der Waals surface area contributed by atoms with Crippen molar-refractivity contribution < 1.29 is 0 Å². The van der Waals surface area contributed by atoms with Gasteiger partial charge in [0.15, 0.2) is 0 Å². The normalized spacial score (nSPS) is 12.6. The Hall–Kier alpha value is -0.0900. The van der Waals surface area contributed by atoms with Crippen LogP contribution in [0.3, 0.4) is 0 Å². The van der Waals surface area contributed by atoms with Gasteiger partial charge in [-0.2, -0.15) is 11.8 Å². The molecule has 0 saturated carbocycles. The molecule has 0 nitrogen and oxygen atoms in total. The van der Waals surface area contributed by atoms with Crippen LogP contribution in [-0.4, -0.2) is 11.5 Å². The van der Waals surface area contributed by atoms with Crippen LogP contribution in [0, 0.1) is 12.3 Å². The van der Waals surface area contributed by atoms with Gasteiger partial charge in [-0.15, -0.1) is 0 Å². The van der Waals surface area contributed by atoms with Crippen LogP contribution in [0.4, 0.5) is 0 Å². The predicted molar refractivity (Wildman–Crippen MR) is 44.0 cm³/mol. The summed E-state index contributed by atoms with van der Waals surface area (Å²) in [7, 11) is 0. The molecule has 0 rings (SSSR count). The van der Waals surface area contributed by atoms with E-state index in [1.807, 2.05) is 11.8 Å². The molecule has 51 valence electrons. The molecule has 0 amide bonds. The Kier molecular flexibility index (Phi) is 5.98. The first kappa shape index (κ1) is 8.91. The molecule has 0 spiro atoms. The van der Waals surface area contributed by atoms with Gasteiger partial charge in [0, 0.05) is 11.7 Å². The summed E-state index contributed by atoms with van der Waals surface area (Å²) in [6.07, 6.45) is 12.0. The van der Waals surface area contributed by atoms with Crippen LogP contribution >= 0.6 is 11.8 Å². The van der Waals surface area contributed by atoms with Gasteiger partial charge in [0.25, 0.3) is 0 Å². The molecule has 0 heterocycles. The summed E-state index contributed by atoms with van der Waals surface area (Å²) in [5, 5.41) is 0.739. The van der Waals surface area contributed by atoms with E-state index in [0.29, 0.717) is 0 Å². The zero-order valence-corrected chi connectivity index (χ0v) is 6.92. The lowest BCUT2D eigenvalue weighted by Gasteiger charge is -2.07. The van der Waals surface area contributed by atoms with E-state index in [4.69, 9.17) is 6.42 Å². The van der Waals surface area contributed by atoms with Gasteiger partial charge in [-0.05, 0) is 25.5 Å². The average molecular weight is 141 g/mol. The molecule has 0 aromatic rings. The van der Waals surface area contributed by atoms with Crippen molar-refractivity contribution in [2.24, 2.45) is 0 Å². The molecule has 1 atom stereocenters. The Morgan fingerprint density at radius 1 is 1.67 bits per heavy atom. The molecule has 0 aliphatic carbocycles. The summed E-state index contributed by atoms with van der Waals surface area (Å²) in [6.45, 7) is 2.19. The van der Waals surface area contributed by atoms with E-state index < -0.39 is 0 Å². The SMILES string of the molecule is [C]#CCCC(CC)SC. The highest BCUT2D eigenvalue weighted by Gasteiger charge is 2.00. The lowest BCUT2D eigenvalue weighted by Crippen LogP contribution is -1.97. The smallest absolute Gasteiger partial charge is 0.0109 e. The van der Waals surface area contributed by atoms with Crippen molar-refractivity contribution in [3.05, 3.63) is 6.42 Å². The minimum atomic E-state index is 0.739. The summed E-state index contributed by atoms with van der Waals surface area (Å²) in [6, 6.07) is 0. The third-order valence-corrected chi connectivity index (χ3v) is 2.62. The Morgan fingerprint density at radius 3 is 2.67 bits per heavy atom. The lowest BCUT2D eigenvalue weighted by molar-refractivity contribution is 0.758. The molecule has 1 heteroatoms. The second-order valence-electron chi connectivity index (χ2n) is 1.98. The van der Waals surface area contributed by atoms with Crippen molar-refractivity contribution in [1.29, 1.82) is 0 Å². The van der Waals surface area contributed by atoms with E-state index in [9.17, 15) is 0 Å². The fraction of sp³-hybridized carbons (Fsp3) is 0.750. The van der Waals surface area contributed by atoms with Crippen molar-refractivity contribution in [2.45, 2.75) is 31.4 Å². The zero-order valence-electron chi connectivity index (χ0n) is 6.11. The Bertz CT molecular complexity index is 87.2. The molecular formula is C8H13S. The maximum atomic E-state index is 6.69. The highest BCUT2D eigenvalue weighted by Crippen LogP contribution is 2.15. The Balaban J connectivity index is 3.22. The molecule has 0 aliphatic rings. The Labute approximate surface area is 62.4 Å². The maximum Gasteiger partial charge on any atom is 0.0109 e. The van der Waals surface area contributed by atoms with Crippen LogP contribution in [0.15, 0.2) is 0 Å². The molecule has 0 fully saturated rings. The quantitative estimate of drug-likeness (QED) is 0.542. The van der Waals surface area contributed by atoms with Crippen LogP contribution in [0.1, 0.15) is 26.2 Å². The summed E-state index contributed by atoms with van der Waals surface area (Å²) >= 11 is 1.89. The molecule has 0 saturated heterocycles. The van der Waals surface area contributed by atoms with Gasteiger partial charge in [0.1, 0.15) is 0 Å². The zero-order chi connectivity index (χ0) is 7.11. The second kappa shape index (κ2) is 6.04. The van der Waals surface area contributed by atoms with E-state index in [-0.39, 0.29) is 0 Å². The largest absolute Gasteiger partial charge is 0.162 e. The fourth-order valence-electron chi connectivity index (χ4n) is 0.722. The molecule has 1 radical (unpaired) electrons. The average Bonchev–Trinajstić information content (AvgIpc) is 1.91. The second-order valence-corrected chi connectivity index (χ2v) is 3.12. The predicted octanol–water partition coefficient (Wildman–Crippen LogP) is 2.50. The van der Waals surface area contributed by atoms with Crippen molar-refractivity contribution in [1.82, 2.24) is 0 Å². The molecule has 0 aromatic heterocycles.